The Kier molecular flexibility index (Phi) is 4.93. The van der Waals surface area contributed by atoms with Gasteiger partial charge in [0.2, 0.25) is 0 Å². The van der Waals surface area contributed by atoms with E-state index in [4.69, 9.17) is 4.74 Å². The van der Waals surface area contributed by atoms with E-state index in [9.17, 15) is 14.9 Å². The van der Waals surface area contributed by atoms with Gasteiger partial charge in [0.15, 0.2) is 0 Å². The molecular formula is C13H22N4O4. The van der Waals surface area contributed by atoms with Gasteiger partial charge in [0.25, 0.3) is 0 Å². The molecule has 118 valence electrons. The highest BCUT2D eigenvalue weighted by molar-refractivity contribution is 5.68. The van der Waals surface area contributed by atoms with Gasteiger partial charge in [-0.3, -0.25) is 14.8 Å². The number of ether oxygens (including phenoxy) is 1. The number of nitro groups is 1. The van der Waals surface area contributed by atoms with Crippen LogP contribution in [0.5, 0.6) is 0 Å². The van der Waals surface area contributed by atoms with Crippen LogP contribution in [0.15, 0.2) is 12.4 Å². The van der Waals surface area contributed by atoms with Crippen molar-refractivity contribution in [2.45, 2.75) is 52.1 Å². The van der Waals surface area contributed by atoms with E-state index in [2.05, 4.69) is 10.4 Å². The maximum atomic E-state index is 11.7. The lowest BCUT2D eigenvalue weighted by Gasteiger charge is -2.29. The molecule has 0 saturated carbocycles. The summed E-state index contributed by atoms with van der Waals surface area (Å²) in [5.74, 6) is 0. The van der Waals surface area contributed by atoms with E-state index >= 15 is 0 Å². The minimum atomic E-state index is -0.635. The number of carbonyl (C=O) groups excluding carboxylic acids is 1. The van der Waals surface area contributed by atoms with Crippen LogP contribution in [0.25, 0.3) is 0 Å². The van der Waals surface area contributed by atoms with Gasteiger partial charge in [-0.15, -0.1) is 0 Å². The number of rotatable bonds is 5. The van der Waals surface area contributed by atoms with Crippen molar-refractivity contribution in [1.29, 1.82) is 0 Å². The standard InChI is InChI=1S/C13H22N4O4/c1-6-13(5,9-21-11(18)15-12(2,3)4)16-8-10(7-14-16)17(19)20/h7-8H,6,9H2,1-5H3,(H,15,18). The minimum absolute atomic E-state index is 0.0737. The van der Waals surface area contributed by atoms with Crippen LogP contribution in [0.1, 0.15) is 41.0 Å². The molecule has 0 aliphatic rings. The Bertz CT molecular complexity index is 520. The summed E-state index contributed by atoms with van der Waals surface area (Å²) in [5.41, 5.74) is -1.11. The second-order valence-corrected chi connectivity index (χ2v) is 6.20. The van der Waals surface area contributed by atoms with E-state index in [1.54, 1.807) is 0 Å². The molecule has 1 aromatic rings. The summed E-state index contributed by atoms with van der Waals surface area (Å²) in [6.07, 6.45) is 2.61. The first-order chi connectivity index (χ1) is 9.57. The van der Waals surface area contributed by atoms with E-state index in [1.807, 2.05) is 34.6 Å². The van der Waals surface area contributed by atoms with Crippen LogP contribution in [-0.2, 0) is 10.3 Å². The second-order valence-electron chi connectivity index (χ2n) is 6.20. The Balaban J connectivity index is 2.75. The van der Waals surface area contributed by atoms with Gasteiger partial charge in [0.05, 0.1) is 10.5 Å². The van der Waals surface area contributed by atoms with Crippen LogP contribution in [0.3, 0.4) is 0 Å². The van der Waals surface area contributed by atoms with E-state index in [0.29, 0.717) is 6.42 Å². The van der Waals surface area contributed by atoms with Crippen molar-refractivity contribution >= 4 is 11.8 Å². The smallest absolute Gasteiger partial charge is 0.407 e. The third-order valence-electron chi connectivity index (χ3n) is 3.09. The summed E-state index contributed by atoms with van der Waals surface area (Å²) in [6.45, 7) is 9.36. The van der Waals surface area contributed by atoms with Gasteiger partial charge in [-0.1, -0.05) is 6.92 Å². The molecule has 21 heavy (non-hydrogen) atoms. The van der Waals surface area contributed by atoms with Crippen molar-refractivity contribution in [2.24, 2.45) is 0 Å². The first-order valence-electron chi connectivity index (χ1n) is 6.72. The van der Waals surface area contributed by atoms with E-state index < -0.39 is 16.6 Å². The van der Waals surface area contributed by atoms with Gasteiger partial charge in [-0.25, -0.2) is 4.79 Å². The predicted molar refractivity (Wildman–Crippen MR) is 77.1 cm³/mol. The van der Waals surface area contributed by atoms with E-state index in [1.165, 1.54) is 17.1 Å². The van der Waals surface area contributed by atoms with Crippen LogP contribution >= 0.6 is 0 Å². The number of hydrogen-bond donors (Lipinski definition) is 1. The SMILES string of the molecule is CCC(C)(COC(=O)NC(C)(C)C)n1cc([N+](=O)[O-])cn1. The number of amides is 1. The molecule has 1 unspecified atom stereocenters. The topological polar surface area (TPSA) is 99.3 Å². The molecule has 0 radical (unpaired) electrons. The fraction of sp³-hybridized carbons (Fsp3) is 0.692. The summed E-state index contributed by atoms with van der Waals surface area (Å²) in [4.78, 5) is 21.9. The molecule has 0 bridgehead atoms. The maximum Gasteiger partial charge on any atom is 0.407 e. The number of carbonyl (C=O) groups is 1. The molecule has 1 N–H and O–H groups in total. The summed E-state index contributed by atoms with van der Waals surface area (Å²) in [5, 5.41) is 17.4. The molecule has 0 fully saturated rings. The molecule has 8 nitrogen and oxygen atoms in total. The Morgan fingerprint density at radius 2 is 2.10 bits per heavy atom. The normalized spacial score (nSPS) is 14.3. The van der Waals surface area contributed by atoms with Crippen LogP contribution in [0.4, 0.5) is 10.5 Å². The maximum absolute atomic E-state index is 11.7. The molecular weight excluding hydrogens is 276 g/mol. The molecule has 0 spiro atoms. The number of nitrogens with one attached hydrogen (secondary N) is 1. The summed E-state index contributed by atoms with van der Waals surface area (Å²) >= 11 is 0. The monoisotopic (exact) mass is 298 g/mol. The van der Waals surface area contributed by atoms with Crippen LogP contribution in [0, 0.1) is 10.1 Å². The Labute approximate surface area is 123 Å². The lowest BCUT2D eigenvalue weighted by atomic mass is 10.0. The van der Waals surface area contributed by atoms with Gasteiger partial charge in [0.1, 0.15) is 19.0 Å². The number of aromatic nitrogens is 2. The number of nitrogens with zero attached hydrogens (tertiary/aromatic N) is 3. The molecule has 8 heteroatoms. The molecule has 1 aromatic heterocycles. The Hall–Kier alpha value is -2.12. The summed E-state index contributed by atoms with van der Waals surface area (Å²) in [7, 11) is 0. The molecule has 1 amide bonds. The average molecular weight is 298 g/mol. The largest absolute Gasteiger partial charge is 0.447 e. The van der Waals surface area contributed by atoms with Crippen molar-refractivity contribution in [1.82, 2.24) is 15.1 Å². The van der Waals surface area contributed by atoms with Gasteiger partial charge in [-0.2, -0.15) is 5.10 Å². The third-order valence-corrected chi connectivity index (χ3v) is 3.09. The predicted octanol–water partition coefficient (Wildman–Crippen LogP) is 2.44. The van der Waals surface area contributed by atoms with Crippen molar-refractivity contribution < 1.29 is 14.5 Å². The van der Waals surface area contributed by atoms with Crippen molar-refractivity contribution in [3.8, 4) is 0 Å². The molecule has 0 aliphatic carbocycles. The van der Waals surface area contributed by atoms with E-state index in [0.717, 1.165) is 0 Å². The lowest BCUT2D eigenvalue weighted by molar-refractivity contribution is -0.385. The van der Waals surface area contributed by atoms with Gasteiger partial charge >= 0.3 is 11.8 Å². The zero-order valence-electron chi connectivity index (χ0n) is 13.0. The van der Waals surface area contributed by atoms with Crippen molar-refractivity contribution in [2.75, 3.05) is 6.61 Å². The summed E-state index contributed by atoms with van der Waals surface area (Å²) < 4.78 is 6.69. The van der Waals surface area contributed by atoms with Crippen LogP contribution in [0.2, 0.25) is 0 Å². The third kappa shape index (κ3) is 4.73. The molecule has 0 aliphatic heterocycles. The van der Waals surface area contributed by atoms with Gasteiger partial charge in [-0.05, 0) is 34.1 Å². The lowest BCUT2D eigenvalue weighted by Crippen LogP contribution is -2.44. The van der Waals surface area contributed by atoms with Crippen molar-refractivity contribution in [3.05, 3.63) is 22.5 Å². The Morgan fingerprint density at radius 3 is 2.52 bits per heavy atom. The number of alkyl carbamates (subject to hydrolysis) is 1. The Morgan fingerprint density at radius 1 is 1.48 bits per heavy atom. The van der Waals surface area contributed by atoms with Crippen molar-refractivity contribution in [3.63, 3.8) is 0 Å². The fourth-order valence-corrected chi connectivity index (χ4v) is 1.60. The first-order valence-corrected chi connectivity index (χ1v) is 6.72. The molecule has 1 rings (SSSR count). The number of hydrogen-bond acceptors (Lipinski definition) is 5. The molecule has 0 saturated heterocycles. The van der Waals surface area contributed by atoms with Crippen LogP contribution in [-0.4, -0.2) is 32.9 Å². The zero-order valence-corrected chi connectivity index (χ0v) is 13.0. The molecule has 1 heterocycles. The van der Waals surface area contributed by atoms with Crippen LogP contribution < -0.4 is 5.32 Å². The highest BCUT2D eigenvalue weighted by Gasteiger charge is 2.29. The van der Waals surface area contributed by atoms with Gasteiger partial charge in [0, 0.05) is 5.54 Å². The first kappa shape index (κ1) is 16.9. The summed E-state index contributed by atoms with van der Waals surface area (Å²) in [6, 6.07) is 0. The average Bonchev–Trinajstić information content (AvgIpc) is 2.84. The minimum Gasteiger partial charge on any atom is -0.447 e. The highest BCUT2D eigenvalue weighted by atomic mass is 16.6. The molecule has 1 atom stereocenters. The van der Waals surface area contributed by atoms with E-state index in [-0.39, 0.29) is 17.8 Å². The van der Waals surface area contributed by atoms with Gasteiger partial charge < -0.3 is 10.1 Å². The fourth-order valence-electron chi connectivity index (χ4n) is 1.60. The molecule has 0 aromatic carbocycles. The highest BCUT2D eigenvalue weighted by Crippen LogP contribution is 2.22. The second kappa shape index (κ2) is 6.11. The zero-order chi connectivity index (χ0) is 16.3. The quantitative estimate of drug-likeness (QED) is 0.664.